The molecule has 32 heavy (non-hydrogen) atoms. The first-order valence-electron chi connectivity index (χ1n) is 10.2. The Morgan fingerprint density at radius 1 is 1.06 bits per heavy atom. The van der Waals surface area contributed by atoms with Gasteiger partial charge in [-0.3, -0.25) is 5.10 Å². The number of carboxylic acid groups (broad SMARTS) is 1. The van der Waals surface area contributed by atoms with E-state index >= 15 is 0 Å². The Morgan fingerprint density at radius 3 is 2.31 bits per heavy atom. The van der Waals surface area contributed by atoms with E-state index in [1.54, 1.807) is 0 Å². The van der Waals surface area contributed by atoms with Gasteiger partial charge in [-0.1, -0.05) is 48.5 Å². The van der Waals surface area contributed by atoms with Crippen LogP contribution in [0.5, 0.6) is 0 Å². The fourth-order valence-corrected chi connectivity index (χ4v) is 4.03. The van der Waals surface area contributed by atoms with Gasteiger partial charge in [0, 0.05) is 18.0 Å². The number of nitrogens with zero attached hydrogens (tertiary/aromatic N) is 1. The molecule has 1 aromatic heterocycles. The molecule has 0 spiro atoms. The summed E-state index contributed by atoms with van der Waals surface area (Å²) in [7, 11) is 0. The summed E-state index contributed by atoms with van der Waals surface area (Å²) < 4.78 is 5.42. The first-order valence-corrected chi connectivity index (χ1v) is 10.2. The number of aromatic carboxylic acids is 1. The van der Waals surface area contributed by atoms with Gasteiger partial charge in [-0.25, -0.2) is 9.59 Å². The van der Waals surface area contributed by atoms with Gasteiger partial charge in [-0.2, -0.15) is 5.10 Å². The molecule has 0 saturated heterocycles. The van der Waals surface area contributed by atoms with Crippen LogP contribution in [0.15, 0.2) is 54.7 Å². The molecule has 1 aliphatic rings. The number of carbonyl (C=O) groups is 2. The third-order valence-corrected chi connectivity index (χ3v) is 5.62. The monoisotopic (exact) mass is 437 g/mol. The predicted molar refractivity (Wildman–Crippen MR) is 114 cm³/mol. The third kappa shape index (κ3) is 4.20. The number of alkyl carbamates (subject to hydrolysis) is 1. The molecule has 3 aromatic rings. The molecule has 0 radical (unpaired) electrons. The van der Waals surface area contributed by atoms with Crippen LogP contribution in [-0.2, 0) is 4.74 Å². The summed E-state index contributed by atoms with van der Waals surface area (Å²) in [5.41, 5.74) is 4.17. The molecule has 2 atom stereocenters. The molecule has 0 fully saturated rings. The number of aliphatic hydroxyl groups is 2. The van der Waals surface area contributed by atoms with Crippen molar-refractivity contribution in [2.24, 2.45) is 0 Å². The van der Waals surface area contributed by atoms with Crippen LogP contribution in [0.4, 0.5) is 4.79 Å². The normalized spacial score (nSPS) is 14.3. The summed E-state index contributed by atoms with van der Waals surface area (Å²) in [5.74, 6) is -1.35. The largest absolute Gasteiger partial charge is 0.477 e. The van der Waals surface area contributed by atoms with Crippen LogP contribution in [0.1, 0.15) is 45.6 Å². The fourth-order valence-electron chi connectivity index (χ4n) is 4.03. The lowest BCUT2D eigenvalue weighted by Gasteiger charge is -2.18. The summed E-state index contributed by atoms with van der Waals surface area (Å²) in [5, 5.41) is 37.8. The summed E-state index contributed by atoms with van der Waals surface area (Å²) in [4.78, 5) is 23.3. The van der Waals surface area contributed by atoms with Crippen LogP contribution in [0.2, 0.25) is 0 Å². The second kappa shape index (κ2) is 9.21. The highest BCUT2D eigenvalue weighted by Crippen LogP contribution is 2.44. The van der Waals surface area contributed by atoms with Gasteiger partial charge in [0.2, 0.25) is 0 Å². The first kappa shape index (κ1) is 21.5. The van der Waals surface area contributed by atoms with Gasteiger partial charge in [0.25, 0.3) is 0 Å². The Kier molecular flexibility index (Phi) is 6.20. The molecule has 2 unspecified atom stereocenters. The molecule has 1 amide bonds. The summed E-state index contributed by atoms with van der Waals surface area (Å²) in [6, 6.07) is 16.0. The number of aromatic amines is 1. The van der Waals surface area contributed by atoms with E-state index in [2.05, 4.69) is 27.6 Å². The van der Waals surface area contributed by atoms with Gasteiger partial charge in [-0.15, -0.1) is 0 Å². The number of aromatic nitrogens is 2. The number of H-pyrrole nitrogens is 1. The topological polar surface area (TPSA) is 145 Å². The first-order chi connectivity index (χ1) is 15.5. The molecule has 5 N–H and O–H groups in total. The van der Waals surface area contributed by atoms with E-state index in [0.717, 1.165) is 28.5 Å². The van der Waals surface area contributed by atoms with Crippen molar-refractivity contribution in [2.75, 3.05) is 13.2 Å². The van der Waals surface area contributed by atoms with Crippen molar-refractivity contribution in [2.45, 2.75) is 24.5 Å². The lowest BCUT2D eigenvalue weighted by molar-refractivity contribution is 0.0128. The van der Waals surface area contributed by atoms with Crippen molar-refractivity contribution >= 4 is 12.1 Å². The maximum atomic E-state index is 12.2. The molecule has 4 rings (SSSR count). The molecule has 0 aliphatic heterocycles. The Hall–Kier alpha value is -3.69. The highest BCUT2D eigenvalue weighted by atomic mass is 16.5. The van der Waals surface area contributed by atoms with E-state index in [0.29, 0.717) is 0 Å². The number of rotatable bonds is 8. The Morgan fingerprint density at radius 2 is 1.69 bits per heavy atom. The van der Waals surface area contributed by atoms with Crippen LogP contribution in [0, 0.1) is 0 Å². The van der Waals surface area contributed by atoms with Crippen molar-refractivity contribution in [3.05, 3.63) is 77.1 Å². The van der Waals surface area contributed by atoms with Crippen molar-refractivity contribution in [1.29, 1.82) is 0 Å². The number of amides is 1. The second-order valence-electron chi connectivity index (χ2n) is 7.56. The molecule has 0 saturated carbocycles. The summed E-state index contributed by atoms with van der Waals surface area (Å²) >= 11 is 0. The Balaban J connectivity index is 1.29. The van der Waals surface area contributed by atoms with Gasteiger partial charge in [-0.05, 0) is 28.7 Å². The van der Waals surface area contributed by atoms with Crippen molar-refractivity contribution < 1.29 is 29.6 Å². The van der Waals surface area contributed by atoms with Crippen molar-refractivity contribution in [3.63, 3.8) is 0 Å². The molecule has 2 aromatic carbocycles. The number of hydrogen-bond acceptors (Lipinski definition) is 6. The van der Waals surface area contributed by atoms with Crippen LogP contribution in [-0.4, -0.2) is 56.8 Å². The Bertz CT molecular complexity index is 1080. The number of carbonyl (C=O) groups excluding carboxylic acids is 1. The number of ether oxygens (including phenoxy) is 1. The molecule has 0 bridgehead atoms. The molecule has 1 heterocycles. The van der Waals surface area contributed by atoms with Crippen molar-refractivity contribution in [1.82, 2.24) is 15.5 Å². The average Bonchev–Trinajstić information content (AvgIpc) is 3.41. The van der Waals surface area contributed by atoms with E-state index in [-0.39, 0.29) is 36.7 Å². The molecule has 9 heteroatoms. The van der Waals surface area contributed by atoms with Gasteiger partial charge in [0.15, 0.2) is 0 Å². The van der Waals surface area contributed by atoms with E-state index in [1.165, 1.54) is 0 Å². The van der Waals surface area contributed by atoms with Gasteiger partial charge >= 0.3 is 12.1 Å². The van der Waals surface area contributed by atoms with E-state index in [1.807, 2.05) is 36.4 Å². The molecule has 166 valence electrons. The van der Waals surface area contributed by atoms with Gasteiger partial charge in [0.1, 0.15) is 18.4 Å². The number of carboxylic acids is 1. The zero-order valence-electron chi connectivity index (χ0n) is 17.1. The molecule has 9 nitrogen and oxygen atoms in total. The minimum Gasteiger partial charge on any atom is -0.477 e. The number of aliphatic hydroxyl groups excluding tert-OH is 2. The maximum Gasteiger partial charge on any atom is 0.407 e. The SMILES string of the molecule is O=C(NCCC(O)C(O)c1cn[nH]c1C(=O)O)OCC1c2ccccc2-c2ccccc21. The van der Waals surface area contributed by atoms with E-state index < -0.39 is 24.3 Å². The number of nitrogens with one attached hydrogen (secondary N) is 2. The molecular formula is C23H23N3O6. The van der Waals surface area contributed by atoms with Crippen LogP contribution in [0.25, 0.3) is 11.1 Å². The second-order valence-corrected chi connectivity index (χ2v) is 7.56. The third-order valence-electron chi connectivity index (χ3n) is 5.62. The predicted octanol–water partition coefficient (Wildman–Crippen LogP) is 2.43. The maximum absolute atomic E-state index is 12.2. The zero-order chi connectivity index (χ0) is 22.7. The van der Waals surface area contributed by atoms with Crippen LogP contribution in [0.3, 0.4) is 0 Å². The summed E-state index contributed by atoms with van der Waals surface area (Å²) in [6.45, 7) is 0.206. The Labute approximate surface area is 183 Å². The van der Waals surface area contributed by atoms with Gasteiger partial charge < -0.3 is 25.4 Å². The average molecular weight is 437 g/mol. The number of benzene rings is 2. The standard InChI is InChI=1S/C23H23N3O6/c27-19(21(28)17-11-25-26-20(17)22(29)30)9-10-24-23(31)32-12-18-15-7-3-1-5-13(15)14-6-2-4-8-16(14)18/h1-8,11,18-19,21,27-28H,9-10,12H2,(H,24,31)(H,25,26)(H,29,30). The fraction of sp³-hybridized carbons (Fsp3) is 0.261. The highest BCUT2D eigenvalue weighted by molar-refractivity contribution is 5.87. The van der Waals surface area contributed by atoms with Gasteiger partial charge in [0.05, 0.1) is 12.3 Å². The van der Waals surface area contributed by atoms with E-state index in [4.69, 9.17) is 9.84 Å². The van der Waals surface area contributed by atoms with Crippen LogP contribution >= 0.6 is 0 Å². The molecular weight excluding hydrogens is 414 g/mol. The lowest BCUT2D eigenvalue weighted by atomic mass is 9.98. The zero-order valence-corrected chi connectivity index (χ0v) is 17.1. The minimum atomic E-state index is -1.45. The quantitative estimate of drug-likeness (QED) is 0.364. The number of fused-ring (bicyclic) bond motifs is 3. The lowest BCUT2D eigenvalue weighted by Crippen LogP contribution is -2.31. The smallest absolute Gasteiger partial charge is 0.407 e. The molecule has 1 aliphatic carbocycles. The summed E-state index contributed by atoms with van der Waals surface area (Å²) in [6.07, 6.45) is -2.24. The van der Waals surface area contributed by atoms with Crippen molar-refractivity contribution in [3.8, 4) is 11.1 Å². The van der Waals surface area contributed by atoms with E-state index in [9.17, 15) is 19.8 Å². The van der Waals surface area contributed by atoms with Crippen LogP contribution < -0.4 is 5.32 Å². The number of hydrogen-bond donors (Lipinski definition) is 5. The minimum absolute atomic E-state index is 0.00436. The highest BCUT2D eigenvalue weighted by Gasteiger charge is 2.29.